The third-order valence-corrected chi connectivity index (χ3v) is 2.58. The fourth-order valence-electron chi connectivity index (χ4n) is 1.58. The molecule has 2 rings (SSSR count). The summed E-state index contributed by atoms with van der Waals surface area (Å²) < 4.78 is 12.7. The van der Waals surface area contributed by atoms with Gasteiger partial charge in [-0.3, -0.25) is 4.79 Å². The molecule has 0 atom stereocenters. The number of hydrogen-bond donors (Lipinski definition) is 0. The van der Waals surface area contributed by atoms with Gasteiger partial charge in [0.1, 0.15) is 5.82 Å². The number of carbonyl (C=O) groups is 1. The second kappa shape index (κ2) is 6.45. The topological polar surface area (TPSA) is 17.1 Å². The quantitative estimate of drug-likeness (QED) is 0.451. The van der Waals surface area contributed by atoms with Crippen LogP contribution in [0.25, 0.3) is 6.08 Å². The van der Waals surface area contributed by atoms with Crippen molar-refractivity contribution in [1.29, 1.82) is 0 Å². The maximum absolute atomic E-state index is 12.7. The number of carbonyl (C=O) groups excluding carboxylic acids is 1. The zero-order chi connectivity index (χ0) is 13.5. The van der Waals surface area contributed by atoms with E-state index in [0.717, 1.165) is 5.56 Å². The largest absolute Gasteiger partial charge is 0.289 e. The van der Waals surface area contributed by atoms with Gasteiger partial charge >= 0.3 is 0 Å². The molecule has 1 nitrogen and oxygen atoms in total. The van der Waals surface area contributed by atoms with Crippen LogP contribution < -0.4 is 0 Å². The summed E-state index contributed by atoms with van der Waals surface area (Å²) in [6.07, 6.45) is 6.86. The van der Waals surface area contributed by atoms with Crippen molar-refractivity contribution in [2.24, 2.45) is 0 Å². The second-order valence-corrected chi connectivity index (χ2v) is 4.00. The van der Waals surface area contributed by atoms with Gasteiger partial charge in [0.05, 0.1) is 0 Å². The van der Waals surface area contributed by atoms with Gasteiger partial charge in [-0.1, -0.05) is 48.6 Å². The summed E-state index contributed by atoms with van der Waals surface area (Å²) in [6.45, 7) is 0. The Bertz CT molecular complexity index is 595. The van der Waals surface area contributed by atoms with Crippen molar-refractivity contribution in [1.82, 2.24) is 0 Å². The van der Waals surface area contributed by atoms with Crippen LogP contribution in [0, 0.1) is 5.82 Å². The summed E-state index contributed by atoms with van der Waals surface area (Å²) in [5, 5.41) is 0. The molecular formula is C17H13FO. The Hall–Kier alpha value is -2.48. The lowest BCUT2D eigenvalue weighted by atomic mass is 10.1. The normalized spacial score (nSPS) is 11.2. The molecule has 0 aliphatic rings. The van der Waals surface area contributed by atoms with Crippen molar-refractivity contribution < 1.29 is 9.18 Å². The Morgan fingerprint density at radius 3 is 2.26 bits per heavy atom. The van der Waals surface area contributed by atoms with Crippen molar-refractivity contribution in [3.8, 4) is 0 Å². The van der Waals surface area contributed by atoms with Crippen LogP contribution in [0.2, 0.25) is 0 Å². The molecule has 2 aromatic carbocycles. The van der Waals surface area contributed by atoms with Gasteiger partial charge in [-0.05, 0) is 35.9 Å². The fraction of sp³-hybridized carbons (Fsp3) is 0. The van der Waals surface area contributed by atoms with Crippen molar-refractivity contribution in [2.45, 2.75) is 0 Å². The van der Waals surface area contributed by atoms with Crippen LogP contribution in [-0.4, -0.2) is 5.78 Å². The predicted molar refractivity (Wildman–Crippen MR) is 75.3 cm³/mol. The Balaban J connectivity index is 1.97. The first-order chi connectivity index (χ1) is 9.25. The Labute approximate surface area is 111 Å². The average Bonchev–Trinajstić information content (AvgIpc) is 2.45. The van der Waals surface area contributed by atoms with Crippen LogP contribution in [0.1, 0.15) is 15.9 Å². The molecule has 0 saturated carbocycles. The van der Waals surface area contributed by atoms with Gasteiger partial charge in [0, 0.05) is 5.56 Å². The van der Waals surface area contributed by atoms with E-state index < -0.39 is 0 Å². The molecule has 0 amide bonds. The number of rotatable bonds is 4. The molecule has 0 spiro atoms. The third-order valence-electron chi connectivity index (χ3n) is 2.58. The summed E-state index contributed by atoms with van der Waals surface area (Å²) in [5.41, 5.74) is 1.55. The number of benzene rings is 2. The molecule has 0 aliphatic heterocycles. The summed E-state index contributed by atoms with van der Waals surface area (Å²) in [4.78, 5) is 11.7. The highest BCUT2D eigenvalue weighted by atomic mass is 19.1. The van der Waals surface area contributed by atoms with Crippen LogP contribution in [0.15, 0.2) is 72.8 Å². The lowest BCUT2D eigenvalue weighted by molar-refractivity contribution is 0.104. The van der Waals surface area contributed by atoms with Gasteiger partial charge in [-0.2, -0.15) is 0 Å². The smallest absolute Gasteiger partial charge is 0.185 e. The van der Waals surface area contributed by atoms with E-state index in [0.29, 0.717) is 5.56 Å². The van der Waals surface area contributed by atoms with Crippen molar-refractivity contribution in [2.75, 3.05) is 0 Å². The molecule has 94 valence electrons. The molecule has 2 heteroatoms. The Morgan fingerprint density at radius 2 is 1.58 bits per heavy atom. The molecule has 0 fully saturated rings. The zero-order valence-electron chi connectivity index (χ0n) is 10.3. The first-order valence-corrected chi connectivity index (χ1v) is 5.95. The summed E-state index contributed by atoms with van der Waals surface area (Å²) in [5.74, 6) is -0.484. The monoisotopic (exact) mass is 252 g/mol. The van der Waals surface area contributed by atoms with Gasteiger partial charge in [0.25, 0.3) is 0 Å². The Morgan fingerprint density at radius 1 is 0.895 bits per heavy atom. The van der Waals surface area contributed by atoms with Crippen LogP contribution in [0.4, 0.5) is 4.39 Å². The van der Waals surface area contributed by atoms with E-state index in [1.54, 1.807) is 12.2 Å². The highest BCUT2D eigenvalue weighted by molar-refractivity contribution is 6.04. The highest BCUT2D eigenvalue weighted by Crippen LogP contribution is 2.05. The van der Waals surface area contributed by atoms with Crippen molar-refractivity contribution in [3.63, 3.8) is 0 Å². The molecule has 0 unspecified atom stereocenters. The van der Waals surface area contributed by atoms with Crippen LogP contribution in [0.5, 0.6) is 0 Å². The third kappa shape index (κ3) is 4.03. The zero-order valence-corrected chi connectivity index (χ0v) is 10.3. The lowest BCUT2D eigenvalue weighted by Gasteiger charge is -1.94. The molecule has 0 aliphatic carbocycles. The predicted octanol–water partition coefficient (Wildman–Crippen LogP) is 4.28. The van der Waals surface area contributed by atoms with E-state index in [9.17, 15) is 9.18 Å². The standard InChI is InChI=1S/C17H13FO/c18-16-12-10-15(11-13-16)17(19)9-5-4-8-14-6-2-1-3-7-14/h1-13H/b8-4+,9-5-. The maximum Gasteiger partial charge on any atom is 0.185 e. The maximum atomic E-state index is 12.7. The van der Waals surface area contributed by atoms with Gasteiger partial charge in [-0.15, -0.1) is 0 Å². The number of allylic oxidation sites excluding steroid dienone is 3. The van der Waals surface area contributed by atoms with Gasteiger partial charge in [0.2, 0.25) is 0 Å². The first kappa shape index (κ1) is 13.0. The molecule has 2 aromatic rings. The molecule has 0 aromatic heterocycles. The first-order valence-electron chi connectivity index (χ1n) is 5.95. The average molecular weight is 252 g/mol. The lowest BCUT2D eigenvalue weighted by Crippen LogP contribution is -1.93. The minimum absolute atomic E-state index is 0.141. The molecule has 0 heterocycles. The van der Waals surface area contributed by atoms with E-state index in [-0.39, 0.29) is 11.6 Å². The van der Waals surface area contributed by atoms with E-state index in [1.807, 2.05) is 36.4 Å². The molecule has 0 N–H and O–H groups in total. The molecular weight excluding hydrogens is 239 g/mol. The fourth-order valence-corrected chi connectivity index (χ4v) is 1.58. The SMILES string of the molecule is O=C(/C=C\C=C\c1ccccc1)c1ccc(F)cc1. The number of hydrogen-bond acceptors (Lipinski definition) is 1. The minimum atomic E-state index is -0.343. The summed E-state index contributed by atoms with van der Waals surface area (Å²) in [6, 6.07) is 15.3. The highest BCUT2D eigenvalue weighted by Gasteiger charge is 2.00. The van der Waals surface area contributed by atoms with E-state index in [1.165, 1.54) is 30.3 Å². The van der Waals surface area contributed by atoms with Crippen molar-refractivity contribution >= 4 is 11.9 Å². The molecule has 0 bridgehead atoms. The summed E-state index contributed by atoms with van der Waals surface area (Å²) in [7, 11) is 0. The van der Waals surface area contributed by atoms with E-state index >= 15 is 0 Å². The van der Waals surface area contributed by atoms with Crippen LogP contribution in [-0.2, 0) is 0 Å². The molecule has 0 saturated heterocycles. The van der Waals surface area contributed by atoms with E-state index in [4.69, 9.17) is 0 Å². The Kier molecular flexibility index (Phi) is 4.40. The number of ketones is 1. The van der Waals surface area contributed by atoms with Crippen LogP contribution >= 0.6 is 0 Å². The van der Waals surface area contributed by atoms with Crippen molar-refractivity contribution in [3.05, 3.63) is 89.8 Å². The second-order valence-electron chi connectivity index (χ2n) is 4.00. The molecule has 19 heavy (non-hydrogen) atoms. The van der Waals surface area contributed by atoms with Crippen LogP contribution in [0.3, 0.4) is 0 Å². The molecule has 0 radical (unpaired) electrons. The van der Waals surface area contributed by atoms with Gasteiger partial charge in [-0.25, -0.2) is 4.39 Å². The van der Waals surface area contributed by atoms with Gasteiger partial charge in [0.15, 0.2) is 5.78 Å². The van der Waals surface area contributed by atoms with E-state index in [2.05, 4.69) is 0 Å². The minimum Gasteiger partial charge on any atom is -0.289 e. The van der Waals surface area contributed by atoms with Gasteiger partial charge < -0.3 is 0 Å². The number of halogens is 1. The summed E-state index contributed by atoms with van der Waals surface area (Å²) >= 11 is 0.